The zero-order valence-corrected chi connectivity index (χ0v) is 18.2. The van der Waals surface area contributed by atoms with Crippen LogP contribution in [-0.2, 0) is 14.3 Å². The number of hydrogen-bond acceptors (Lipinski definition) is 5. The van der Waals surface area contributed by atoms with Crippen molar-refractivity contribution in [1.29, 1.82) is 5.26 Å². The SMILES string of the molecule is CCCCCNC(=O)C(c1ccccc1)N(CC#N)C(=O)CNC(=O)OC(C)(C)C. The topological polar surface area (TPSA) is 112 Å². The first-order chi connectivity index (χ1) is 14.2. The maximum Gasteiger partial charge on any atom is 0.408 e. The fraction of sp³-hybridized carbons (Fsp3) is 0.545. The molecule has 0 aromatic heterocycles. The first-order valence-electron chi connectivity index (χ1n) is 10.2. The molecule has 1 rings (SSSR count). The first-order valence-corrected chi connectivity index (χ1v) is 10.2. The number of nitriles is 1. The summed E-state index contributed by atoms with van der Waals surface area (Å²) in [5.41, 5.74) is -0.115. The van der Waals surface area contributed by atoms with Crippen molar-refractivity contribution in [1.82, 2.24) is 15.5 Å². The van der Waals surface area contributed by atoms with Crippen molar-refractivity contribution in [3.8, 4) is 6.07 Å². The van der Waals surface area contributed by atoms with Gasteiger partial charge in [-0.3, -0.25) is 9.59 Å². The smallest absolute Gasteiger partial charge is 0.408 e. The number of nitrogens with one attached hydrogen (secondary N) is 2. The highest BCUT2D eigenvalue weighted by molar-refractivity contribution is 5.90. The summed E-state index contributed by atoms with van der Waals surface area (Å²) < 4.78 is 5.13. The molecule has 8 heteroatoms. The number of ether oxygens (including phenoxy) is 1. The number of nitrogens with zero attached hydrogens (tertiary/aromatic N) is 2. The van der Waals surface area contributed by atoms with Crippen molar-refractivity contribution < 1.29 is 19.1 Å². The predicted octanol–water partition coefficient (Wildman–Crippen LogP) is 2.91. The molecular formula is C22H32N4O4. The highest BCUT2D eigenvalue weighted by atomic mass is 16.6. The van der Waals surface area contributed by atoms with Gasteiger partial charge in [-0.2, -0.15) is 5.26 Å². The minimum absolute atomic E-state index is 0.295. The summed E-state index contributed by atoms with van der Waals surface area (Å²) >= 11 is 0. The van der Waals surface area contributed by atoms with E-state index < -0.39 is 23.6 Å². The number of unbranched alkanes of at least 4 members (excludes halogenated alkanes) is 2. The molecule has 1 atom stereocenters. The highest BCUT2D eigenvalue weighted by Crippen LogP contribution is 2.21. The molecule has 1 aromatic rings. The maximum absolute atomic E-state index is 12.9. The van der Waals surface area contributed by atoms with Gasteiger partial charge in [-0.15, -0.1) is 0 Å². The van der Waals surface area contributed by atoms with Crippen molar-refractivity contribution in [2.24, 2.45) is 0 Å². The average molecular weight is 417 g/mol. The van der Waals surface area contributed by atoms with Gasteiger partial charge in [0.05, 0.1) is 6.07 Å². The Morgan fingerprint density at radius 3 is 2.37 bits per heavy atom. The molecule has 0 bridgehead atoms. The lowest BCUT2D eigenvalue weighted by molar-refractivity contribution is -0.139. The number of carbonyl (C=O) groups is 3. The third-order valence-electron chi connectivity index (χ3n) is 4.10. The van der Waals surface area contributed by atoms with Gasteiger partial charge in [0, 0.05) is 6.54 Å². The molecule has 0 saturated carbocycles. The van der Waals surface area contributed by atoms with E-state index in [-0.39, 0.29) is 19.0 Å². The number of rotatable bonds is 10. The molecule has 1 aromatic carbocycles. The van der Waals surface area contributed by atoms with Crippen LogP contribution in [0.15, 0.2) is 30.3 Å². The quantitative estimate of drug-likeness (QED) is 0.450. The number of hydrogen-bond donors (Lipinski definition) is 2. The summed E-state index contributed by atoms with van der Waals surface area (Å²) in [5, 5.41) is 14.5. The van der Waals surface area contributed by atoms with Crippen molar-refractivity contribution in [3.05, 3.63) is 35.9 Å². The Hall–Kier alpha value is -3.08. The molecule has 0 fully saturated rings. The van der Waals surface area contributed by atoms with Crippen molar-refractivity contribution in [2.45, 2.75) is 58.6 Å². The number of amides is 3. The zero-order valence-electron chi connectivity index (χ0n) is 18.2. The zero-order chi connectivity index (χ0) is 22.6. The Bertz CT molecular complexity index is 738. The van der Waals surface area contributed by atoms with Crippen molar-refractivity contribution >= 4 is 17.9 Å². The predicted molar refractivity (Wildman–Crippen MR) is 113 cm³/mol. The third-order valence-corrected chi connectivity index (χ3v) is 4.10. The van der Waals surface area contributed by atoms with Crippen LogP contribution in [0, 0.1) is 11.3 Å². The van der Waals surface area contributed by atoms with Crippen LogP contribution in [0.2, 0.25) is 0 Å². The second-order valence-electron chi connectivity index (χ2n) is 7.85. The summed E-state index contributed by atoms with van der Waals surface area (Å²) in [6.45, 7) is 7.01. The van der Waals surface area contributed by atoms with E-state index in [4.69, 9.17) is 4.74 Å². The second kappa shape index (κ2) is 12.5. The minimum atomic E-state index is -0.972. The normalized spacial score (nSPS) is 11.7. The Morgan fingerprint density at radius 1 is 1.13 bits per heavy atom. The maximum atomic E-state index is 12.9. The summed E-state index contributed by atoms with van der Waals surface area (Å²) in [7, 11) is 0. The fourth-order valence-corrected chi connectivity index (χ4v) is 2.75. The van der Waals surface area contributed by atoms with Crippen LogP contribution in [0.3, 0.4) is 0 Å². The molecule has 1 unspecified atom stereocenters. The lowest BCUT2D eigenvalue weighted by Crippen LogP contribution is -2.48. The molecular weight excluding hydrogens is 384 g/mol. The van der Waals surface area contributed by atoms with Gasteiger partial charge in [0.2, 0.25) is 11.8 Å². The Balaban J connectivity index is 2.98. The van der Waals surface area contributed by atoms with Crippen molar-refractivity contribution in [2.75, 3.05) is 19.6 Å². The van der Waals surface area contributed by atoms with Gasteiger partial charge in [0.15, 0.2) is 0 Å². The number of benzene rings is 1. The second-order valence-corrected chi connectivity index (χ2v) is 7.85. The molecule has 3 amide bonds. The van der Waals surface area contributed by atoms with Crippen LogP contribution < -0.4 is 10.6 Å². The molecule has 2 N–H and O–H groups in total. The Morgan fingerprint density at radius 2 is 1.80 bits per heavy atom. The highest BCUT2D eigenvalue weighted by Gasteiger charge is 2.31. The molecule has 30 heavy (non-hydrogen) atoms. The van der Waals surface area contributed by atoms with E-state index in [0.29, 0.717) is 12.1 Å². The van der Waals surface area contributed by atoms with E-state index in [1.54, 1.807) is 51.1 Å². The van der Waals surface area contributed by atoms with Gasteiger partial charge in [0.1, 0.15) is 24.7 Å². The molecule has 0 aliphatic rings. The summed E-state index contributed by atoms with van der Waals surface area (Å²) in [4.78, 5) is 38.8. The van der Waals surface area contributed by atoms with E-state index in [1.165, 1.54) is 4.90 Å². The molecule has 0 aliphatic carbocycles. The fourth-order valence-electron chi connectivity index (χ4n) is 2.75. The molecule has 8 nitrogen and oxygen atoms in total. The number of alkyl carbamates (subject to hydrolysis) is 1. The van der Waals surface area contributed by atoms with Crippen LogP contribution in [-0.4, -0.2) is 48.0 Å². The lowest BCUT2D eigenvalue weighted by atomic mass is 10.0. The molecule has 0 spiro atoms. The number of carbonyl (C=O) groups excluding carboxylic acids is 3. The molecule has 0 saturated heterocycles. The van der Waals surface area contributed by atoms with Gasteiger partial charge in [-0.1, -0.05) is 50.1 Å². The van der Waals surface area contributed by atoms with Crippen LogP contribution in [0.4, 0.5) is 4.79 Å². The summed E-state index contributed by atoms with van der Waals surface area (Å²) in [6.07, 6.45) is 2.09. The molecule has 0 radical (unpaired) electrons. The monoisotopic (exact) mass is 416 g/mol. The molecule has 164 valence electrons. The van der Waals surface area contributed by atoms with E-state index in [2.05, 4.69) is 17.6 Å². The standard InChI is InChI=1S/C22H32N4O4/c1-5-6-10-14-24-20(28)19(17-11-8-7-9-12-17)26(15-13-23)18(27)16-25-21(29)30-22(2,3)4/h7-9,11-12,19H,5-6,10,14-16H2,1-4H3,(H,24,28)(H,25,29). The van der Waals surface area contributed by atoms with Gasteiger partial charge in [-0.25, -0.2) is 4.79 Å². The van der Waals surface area contributed by atoms with Crippen LogP contribution in [0.25, 0.3) is 0 Å². The molecule has 0 aliphatic heterocycles. The minimum Gasteiger partial charge on any atom is -0.444 e. The molecule has 0 heterocycles. The van der Waals surface area contributed by atoms with Gasteiger partial charge in [-0.05, 0) is 32.8 Å². The van der Waals surface area contributed by atoms with Crippen molar-refractivity contribution in [3.63, 3.8) is 0 Å². The third kappa shape index (κ3) is 8.95. The van der Waals surface area contributed by atoms with Crippen LogP contribution >= 0.6 is 0 Å². The van der Waals surface area contributed by atoms with Crippen LogP contribution in [0.1, 0.15) is 58.6 Å². The Labute approximate surface area is 178 Å². The van der Waals surface area contributed by atoms with Gasteiger partial charge in [0.25, 0.3) is 0 Å². The van der Waals surface area contributed by atoms with Crippen LogP contribution in [0.5, 0.6) is 0 Å². The Kier molecular flexibility index (Phi) is 10.4. The lowest BCUT2D eigenvalue weighted by Gasteiger charge is -2.29. The largest absolute Gasteiger partial charge is 0.444 e. The van der Waals surface area contributed by atoms with E-state index in [1.807, 2.05) is 6.07 Å². The first kappa shape index (κ1) is 25.0. The summed E-state index contributed by atoms with van der Waals surface area (Å²) in [6, 6.07) is 9.76. The summed E-state index contributed by atoms with van der Waals surface area (Å²) in [5.74, 6) is -0.918. The average Bonchev–Trinajstić information content (AvgIpc) is 2.68. The van der Waals surface area contributed by atoms with E-state index >= 15 is 0 Å². The van der Waals surface area contributed by atoms with E-state index in [0.717, 1.165) is 19.3 Å². The van der Waals surface area contributed by atoms with Gasteiger partial charge >= 0.3 is 6.09 Å². The van der Waals surface area contributed by atoms with E-state index in [9.17, 15) is 19.6 Å². The van der Waals surface area contributed by atoms with Gasteiger partial charge < -0.3 is 20.3 Å².